The lowest BCUT2D eigenvalue weighted by Crippen LogP contribution is -2.42. The van der Waals surface area contributed by atoms with Crippen LogP contribution in [0.1, 0.15) is 24.7 Å². The minimum absolute atomic E-state index is 0.0876. The Balaban J connectivity index is 1.54. The molecule has 0 N–H and O–H groups in total. The fourth-order valence-electron chi connectivity index (χ4n) is 3.23. The van der Waals surface area contributed by atoms with E-state index in [1.54, 1.807) is 11.0 Å². The summed E-state index contributed by atoms with van der Waals surface area (Å²) in [5.74, 6) is 0.790. The molecule has 0 unspecified atom stereocenters. The number of thioether (sulfide) groups is 1. The lowest BCUT2D eigenvalue weighted by molar-refractivity contribution is -0.116. The van der Waals surface area contributed by atoms with Gasteiger partial charge in [0.15, 0.2) is 15.0 Å². The molecule has 27 heavy (non-hydrogen) atoms. The maximum absolute atomic E-state index is 13.0. The quantitative estimate of drug-likeness (QED) is 0.687. The predicted molar refractivity (Wildman–Crippen MR) is 104 cm³/mol. The molecule has 2 aromatic rings. The van der Waals surface area contributed by atoms with E-state index in [0.717, 1.165) is 23.8 Å². The van der Waals surface area contributed by atoms with E-state index in [2.05, 4.69) is 14.8 Å². The van der Waals surface area contributed by atoms with Crippen LogP contribution in [-0.2, 0) is 14.6 Å². The molecule has 1 aromatic heterocycles. The molecular weight excluding hydrogens is 384 g/mol. The van der Waals surface area contributed by atoms with Crippen molar-refractivity contribution in [1.29, 1.82) is 0 Å². The first kappa shape index (κ1) is 18.2. The number of sulfone groups is 1. The fourth-order valence-corrected chi connectivity index (χ4v) is 5.41. The molecule has 4 rings (SSSR count). The van der Waals surface area contributed by atoms with E-state index in [1.807, 2.05) is 37.3 Å². The minimum Gasteiger partial charge on any atom is -0.304 e. The van der Waals surface area contributed by atoms with Crippen LogP contribution in [0.25, 0.3) is 0 Å². The summed E-state index contributed by atoms with van der Waals surface area (Å²) in [6.07, 6.45) is 3.81. The number of hydrogen-bond acceptors (Lipinski definition) is 6. The van der Waals surface area contributed by atoms with Gasteiger partial charge in [0.2, 0.25) is 5.91 Å². The van der Waals surface area contributed by atoms with E-state index < -0.39 is 15.9 Å². The molecule has 1 atom stereocenters. The van der Waals surface area contributed by atoms with Gasteiger partial charge >= 0.3 is 0 Å². The van der Waals surface area contributed by atoms with Crippen LogP contribution >= 0.6 is 11.8 Å². The Bertz CT molecular complexity index is 981. The third-order valence-electron chi connectivity index (χ3n) is 4.62. The molecule has 0 spiro atoms. The number of aryl methyl sites for hydroxylation is 1. The lowest BCUT2D eigenvalue weighted by atomic mass is 10.2. The summed E-state index contributed by atoms with van der Waals surface area (Å²) in [6.45, 7) is 1.92. The lowest BCUT2D eigenvalue weighted by Gasteiger charge is -2.27. The Hall–Kier alpha value is -2.13. The first-order chi connectivity index (χ1) is 12.9. The van der Waals surface area contributed by atoms with Crippen LogP contribution in [0, 0.1) is 6.92 Å². The maximum Gasteiger partial charge on any atom is 0.238 e. The summed E-state index contributed by atoms with van der Waals surface area (Å²) in [5.41, 5.74) is 0.690. The smallest absolute Gasteiger partial charge is 0.238 e. The van der Waals surface area contributed by atoms with Crippen LogP contribution in [0.3, 0.4) is 0 Å². The van der Waals surface area contributed by atoms with E-state index in [4.69, 9.17) is 0 Å². The highest BCUT2D eigenvalue weighted by molar-refractivity contribution is 7.99. The van der Waals surface area contributed by atoms with Gasteiger partial charge in [0.05, 0.1) is 17.5 Å². The van der Waals surface area contributed by atoms with Crippen molar-refractivity contribution >= 4 is 33.2 Å². The van der Waals surface area contributed by atoms with Gasteiger partial charge < -0.3 is 9.47 Å². The molecule has 1 aliphatic carbocycles. The zero-order valence-corrected chi connectivity index (χ0v) is 16.5. The average molecular weight is 405 g/mol. The van der Waals surface area contributed by atoms with Crippen molar-refractivity contribution in [2.45, 2.75) is 37.0 Å². The number of para-hydroxylation sites is 1. The summed E-state index contributed by atoms with van der Waals surface area (Å²) >= 11 is 1.35. The molecular formula is C18H20N4O3S2. The zero-order valence-electron chi connectivity index (χ0n) is 14.9. The highest BCUT2D eigenvalue weighted by Gasteiger charge is 2.32. The molecule has 1 fully saturated rings. The second kappa shape index (κ2) is 7.12. The van der Waals surface area contributed by atoms with Crippen molar-refractivity contribution in [1.82, 2.24) is 14.8 Å². The monoisotopic (exact) mass is 404 g/mol. The Morgan fingerprint density at radius 3 is 2.63 bits per heavy atom. The zero-order chi connectivity index (χ0) is 19.0. The predicted octanol–water partition coefficient (Wildman–Crippen LogP) is 2.36. The summed E-state index contributed by atoms with van der Waals surface area (Å²) in [6, 6.07) is 9.12. The van der Waals surface area contributed by atoms with Crippen LogP contribution in [-0.4, -0.2) is 46.6 Å². The number of amides is 1. The van der Waals surface area contributed by atoms with Gasteiger partial charge in [0, 0.05) is 17.1 Å². The molecule has 7 nitrogen and oxygen atoms in total. The molecule has 9 heteroatoms. The Morgan fingerprint density at radius 2 is 2.00 bits per heavy atom. The van der Waals surface area contributed by atoms with Crippen molar-refractivity contribution < 1.29 is 13.2 Å². The van der Waals surface area contributed by atoms with Gasteiger partial charge in [-0.15, -0.1) is 10.2 Å². The molecule has 0 bridgehead atoms. The minimum atomic E-state index is -3.26. The van der Waals surface area contributed by atoms with Gasteiger partial charge in [0.1, 0.15) is 5.82 Å². The van der Waals surface area contributed by atoms with Crippen molar-refractivity contribution in [3.8, 4) is 0 Å². The Morgan fingerprint density at radius 1 is 1.26 bits per heavy atom. The number of anilines is 1. The molecule has 0 radical (unpaired) electrons. The number of rotatable bonds is 6. The van der Waals surface area contributed by atoms with E-state index in [-0.39, 0.29) is 17.4 Å². The largest absolute Gasteiger partial charge is 0.304 e. The van der Waals surface area contributed by atoms with Crippen LogP contribution in [0.5, 0.6) is 0 Å². The van der Waals surface area contributed by atoms with Crippen molar-refractivity contribution in [3.05, 3.63) is 47.6 Å². The summed E-state index contributed by atoms with van der Waals surface area (Å²) < 4.78 is 25.8. The number of aromatic nitrogens is 3. The molecule has 0 saturated heterocycles. The first-order valence-electron chi connectivity index (χ1n) is 8.77. The summed E-state index contributed by atoms with van der Waals surface area (Å²) in [4.78, 5) is 14.6. The summed E-state index contributed by atoms with van der Waals surface area (Å²) in [7, 11) is -3.26. The molecule has 2 aliphatic rings. The van der Waals surface area contributed by atoms with Crippen LogP contribution < -0.4 is 4.90 Å². The number of carbonyl (C=O) groups is 1. The molecule has 1 aliphatic heterocycles. The second-order valence-corrected chi connectivity index (χ2v) is 9.62. The van der Waals surface area contributed by atoms with E-state index in [9.17, 15) is 13.2 Å². The third-order valence-corrected chi connectivity index (χ3v) is 6.92. The van der Waals surface area contributed by atoms with Gasteiger partial charge in [-0.25, -0.2) is 8.42 Å². The highest BCUT2D eigenvalue weighted by Crippen LogP contribution is 2.38. The molecule has 2 heterocycles. The highest BCUT2D eigenvalue weighted by atomic mass is 32.2. The van der Waals surface area contributed by atoms with Crippen molar-refractivity contribution in [2.24, 2.45) is 0 Å². The molecule has 1 amide bonds. The van der Waals surface area contributed by atoms with Crippen molar-refractivity contribution in [2.75, 3.05) is 16.4 Å². The van der Waals surface area contributed by atoms with Crippen LogP contribution in [0.2, 0.25) is 0 Å². The van der Waals surface area contributed by atoms with Gasteiger partial charge in [-0.2, -0.15) is 0 Å². The van der Waals surface area contributed by atoms with Crippen molar-refractivity contribution in [3.63, 3.8) is 0 Å². The normalized spacial score (nSPS) is 20.7. The molecule has 142 valence electrons. The molecule has 1 saturated carbocycles. The van der Waals surface area contributed by atoms with Gasteiger partial charge in [-0.1, -0.05) is 30.0 Å². The van der Waals surface area contributed by atoms with Gasteiger partial charge in [-0.3, -0.25) is 4.79 Å². The van der Waals surface area contributed by atoms with E-state index >= 15 is 0 Å². The second-order valence-electron chi connectivity index (χ2n) is 6.74. The topological polar surface area (TPSA) is 85.2 Å². The van der Waals surface area contributed by atoms with E-state index in [0.29, 0.717) is 11.7 Å². The Kier molecular flexibility index (Phi) is 4.81. The Labute approximate surface area is 162 Å². The van der Waals surface area contributed by atoms with Gasteiger partial charge in [-0.05, 0) is 38.0 Å². The third kappa shape index (κ3) is 3.93. The van der Waals surface area contributed by atoms with E-state index in [1.165, 1.54) is 17.2 Å². The first-order valence-corrected chi connectivity index (χ1v) is 11.5. The van der Waals surface area contributed by atoms with Crippen LogP contribution in [0.15, 0.2) is 47.0 Å². The number of hydrogen-bond donors (Lipinski definition) is 0. The van der Waals surface area contributed by atoms with Gasteiger partial charge in [0.25, 0.3) is 0 Å². The SMILES string of the molecule is Cc1nnc(SCC(=O)N(c2ccccc2)[C@@H]2C=CS(=O)(=O)C2)n1C1CC1. The fraction of sp³-hybridized carbons (Fsp3) is 0.389. The number of carbonyl (C=O) groups excluding carboxylic acids is 1. The van der Waals surface area contributed by atoms with Crippen LogP contribution in [0.4, 0.5) is 5.69 Å². The average Bonchev–Trinajstić information content (AvgIpc) is 3.32. The maximum atomic E-state index is 13.0. The molecule has 1 aromatic carbocycles. The number of nitrogens with zero attached hydrogens (tertiary/aromatic N) is 4. The number of benzene rings is 1. The standard InChI is InChI=1S/C18H20N4O3S2/c1-13-19-20-18(21(13)15-7-8-15)26-11-17(23)22(14-5-3-2-4-6-14)16-9-10-27(24,25)12-16/h2-6,9-10,15-16H,7-8,11-12H2,1H3/t16-/m1/s1. The summed E-state index contributed by atoms with van der Waals surface area (Å²) in [5, 5.41) is 10.3.